The molecule has 4 aromatic rings. The Morgan fingerprint density at radius 1 is 0.973 bits per heavy atom. The lowest BCUT2D eigenvalue weighted by Gasteiger charge is -2.23. The molecule has 0 saturated carbocycles. The van der Waals surface area contributed by atoms with Crippen molar-refractivity contribution in [2.24, 2.45) is 0 Å². The predicted molar refractivity (Wildman–Crippen MR) is 152 cm³/mol. The van der Waals surface area contributed by atoms with E-state index >= 15 is 0 Å². The van der Waals surface area contributed by atoms with Gasteiger partial charge in [0.25, 0.3) is 5.56 Å². The normalized spacial score (nSPS) is 12.9. The number of benzene rings is 2. The molecule has 0 spiro atoms. The van der Waals surface area contributed by atoms with Crippen LogP contribution in [0.4, 0.5) is 17.3 Å². The third-order valence-corrected chi connectivity index (χ3v) is 6.20. The minimum absolute atomic E-state index is 0.283. The fraction of sp³-hybridized carbons (Fsp3) is 0.357. The Labute approximate surface area is 218 Å². The number of H-pyrrole nitrogens is 1. The molecule has 194 valence electrons. The van der Waals surface area contributed by atoms with Gasteiger partial charge in [0, 0.05) is 37.1 Å². The number of likely N-dealkylation sites (N-methyl/N-ethyl adjacent to an activating group) is 2. The van der Waals surface area contributed by atoms with Crippen molar-refractivity contribution in [3.05, 3.63) is 70.6 Å². The van der Waals surface area contributed by atoms with Crippen LogP contribution in [0, 0.1) is 6.92 Å². The number of nitrogens with zero attached hydrogens (tertiary/aromatic N) is 5. The average Bonchev–Trinajstić information content (AvgIpc) is 3.48. The lowest BCUT2D eigenvalue weighted by atomic mass is 10.1. The van der Waals surface area contributed by atoms with Gasteiger partial charge in [-0.3, -0.25) is 4.79 Å². The molecular weight excluding hydrogens is 464 g/mol. The summed E-state index contributed by atoms with van der Waals surface area (Å²) in [6.45, 7) is 6.51. The highest BCUT2D eigenvalue weighted by molar-refractivity contribution is 5.74. The molecule has 0 unspecified atom stereocenters. The van der Waals surface area contributed by atoms with Crippen molar-refractivity contribution in [2.75, 3.05) is 57.5 Å². The molecule has 9 nitrogen and oxygen atoms in total. The van der Waals surface area contributed by atoms with E-state index in [4.69, 9.17) is 0 Å². The highest BCUT2D eigenvalue weighted by Gasteiger charge is 2.11. The second-order valence-electron chi connectivity index (χ2n) is 9.52. The second-order valence-corrected chi connectivity index (χ2v) is 9.52. The summed E-state index contributed by atoms with van der Waals surface area (Å²) in [6.07, 6.45) is 4.39. The highest BCUT2D eigenvalue weighted by atomic mass is 16.1. The summed E-state index contributed by atoms with van der Waals surface area (Å²) in [5.74, 6) is 0.399. The zero-order valence-corrected chi connectivity index (χ0v) is 22.1. The van der Waals surface area contributed by atoms with Gasteiger partial charge in [0.05, 0.1) is 6.20 Å². The van der Waals surface area contributed by atoms with Gasteiger partial charge in [-0.05, 0) is 70.7 Å². The minimum Gasteiger partial charge on any atom is -0.373 e. The Morgan fingerprint density at radius 3 is 2.38 bits per heavy atom. The van der Waals surface area contributed by atoms with Gasteiger partial charge in [-0.25, -0.2) is 9.97 Å². The highest BCUT2D eigenvalue weighted by Crippen LogP contribution is 2.24. The quantitative estimate of drug-likeness (QED) is 0.352. The van der Waals surface area contributed by atoms with Crippen LogP contribution in [-0.2, 0) is 0 Å². The van der Waals surface area contributed by atoms with Crippen molar-refractivity contribution in [3.63, 3.8) is 0 Å². The van der Waals surface area contributed by atoms with Crippen LogP contribution >= 0.6 is 0 Å². The summed E-state index contributed by atoms with van der Waals surface area (Å²) in [7, 11) is 6.24. The van der Waals surface area contributed by atoms with Gasteiger partial charge in [0.1, 0.15) is 11.2 Å². The molecule has 0 amide bonds. The number of rotatable bonds is 7. The average molecular weight is 501 g/mol. The summed E-state index contributed by atoms with van der Waals surface area (Å²) < 4.78 is 0. The third kappa shape index (κ3) is 7.12. The standard InChI is InChI=1S/C24H27N7O.C4H9N/c1-16-14-18(10-11-20(16)31(4)13-12-30(2)3)26-24-25-15-19-22(29-24)28-23(32)21(27-19)17-8-6-5-7-9-17;1-2-4-5-3-1/h5-11,14-15H,12-13H2,1-4H3,(H2,25,26,28,29,32);5H,1-4H2. The summed E-state index contributed by atoms with van der Waals surface area (Å²) in [6, 6.07) is 15.5. The molecule has 1 aliphatic heterocycles. The molecular formula is C28H36N8O. The van der Waals surface area contributed by atoms with E-state index in [1.165, 1.54) is 31.6 Å². The number of aryl methyl sites for hydroxylation is 1. The fourth-order valence-corrected chi connectivity index (χ4v) is 4.13. The Kier molecular flexibility index (Phi) is 8.81. The molecule has 1 fully saturated rings. The number of hydrogen-bond acceptors (Lipinski definition) is 8. The van der Waals surface area contributed by atoms with E-state index in [1.807, 2.05) is 36.4 Å². The minimum atomic E-state index is -0.283. The number of anilines is 3. The summed E-state index contributed by atoms with van der Waals surface area (Å²) in [5.41, 5.74) is 4.96. The van der Waals surface area contributed by atoms with Crippen LogP contribution in [0.25, 0.3) is 22.4 Å². The summed E-state index contributed by atoms with van der Waals surface area (Å²) >= 11 is 0. The molecule has 37 heavy (non-hydrogen) atoms. The summed E-state index contributed by atoms with van der Waals surface area (Å²) in [4.78, 5) is 33.1. The lowest BCUT2D eigenvalue weighted by Crippen LogP contribution is -2.28. The van der Waals surface area contributed by atoms with Gasteiger partial charge in [0.2, 0.25) is 5.95 Å². The van der Waals surface area contributed by atoms with E-state index < -0.39 is 0 Å². The van der Waals surface area contributed by atoms with E-state index in [1.54, 1.807) is 6.20 Å². The van der Waals surface area contributed by atoms with Crippen molar-refractivity contribution < 1.29 is 0 Å². The first-order valence-electron chi connectivity index (χ1n) is 12.7. The van der Waals surface area contributed by atoms with E-state index in [9.17, 15) is 4.79 Å². The first kappa shape index (κ1) is 26.2. The molecule has 3 heterocycles. The van der Waals surface area contributed by atoms with Gasteiger partial charge >= 0.3 is 0 Å². The Hall–Kier alpha value is -3.82. The Morgan fingerprint density at radius 2 is 1.73 bits per heavy atom. The number of fused-ring (bicyclic) bond motifs is 1. The van der Waals surface area contributed by atoms with Crippen molar-refractivity contribution in [3.8, 4) is 11.3 Å². The van der Waals surface area contributed by atoms with Gasteiger partial charge in [-0.15, -0.1) is 0 Å². The zero-order valence-electron chi connectivity index (χ0n) is 22.1. The molecule has 0 atom stereocenters. The van der Waals surface area contributed by atoms with Crippen LogP contribution in [0.2, 0.25) is 0 Å². The maximum atomic E-state index is 12.5. The Bertz CT molecular complexity index is 1360. The predicted octanol–water partition coefficient (Wildman–Crippen LogP) is 3.80. The Balaban J connectivity index is 0.000000572. The van der Waals surface area contributed by atoms with Crippen LogP contribution in [0.5, 0.6) is 0 Å². The SMILES string of the molecule is C1CCNC1.Cc1cc(Nc2ncc3nc(-c4ccccc4)c(=O)[nH]c3n2)ccc1N(C)CCN(C)C. The van der Waals surface area contributed by atoms with Gasteiger partial charge < -0.3 is 25.4 Å². The van der Waals surface area contributed by atoms with Gasteiger partial charge in [0.15, 0.2) is 5.65 Å². The van der Waals surface area contributed by atoms with Crippen LogP contribution in [0.1, 0.15) is 18.4 Å². The molecule has 2 aromatic carbocycles. The van der Waals surface area contributed by atoms with Gasteiger partial charge in [-0.1, -0.05) is 30.3 Å². The third-order valence-electron chi connectivity index (χ3n) is 6.20. The molecule has 5 rings (SSSR count). The monoisotopic (exact) mass is 500 g/mol. The number of aromatic nitrogens is 4. The van der Waals surface area contributed by atoms with Crippen molar-refractivity contribution in [1.29, 1.82) is 0 Å². The van der Waals surface area contributed by atoms with Crippen LogP contribution in [0.3, 0.4) is 0 Å². The van der Waals surface area contributed by atoms with Crippen molar-refractivity contribution in [1.82, 2.24) is 30.2 Å². The zero-order chi connectivity index (χ0) is 26.2. The molecule has 2 aromatic heterocycles. The largest absolute Gasteiger partial charge is 0.373 e. The smallest absolute Gasteiger partial charge is 0.276 e. The number of nitrogens with one attached hydrogen (secondary N) is 3. The van der Waals surface area contributed by atoms with Crippen LogP contribution < -0.4 is 21.1 Å². The molecule has 9 heteroatoms. The summed E-state index contributed by atoms with van der Waals surface area (Å²) in [5, 5.41) is 6.44. The molecule has 1 saturated heterocycles. The van der Waals surface area contributed by atoms with E-state index in [0.717, 1.165) is 29.9 Å². The van der Waals surface area contributed by atoms with E-state index in [0.29, 0.717) is 22.8 Å². The van der Waals surface area contributed by atoms with Gasteiger partial charge in [-0.2, -0.15) is 4.98 Å². The topological polar surface area (TPSA) is 102 Å². The first-order valence-corrected chi connectivity index (χ1v) is 12.7. The molecule has 3 N–H and O–H groups in total. The first-order chi connectivity index (χ1) is 17.9. The molecule has 0 radical (unpaired) electrons. The van der Waals surface area contributed by atoms with Crippen molar-refractivity contribution >= 4 is 28.5 Å². The number of hydrogen-bond donors (Lipinski definition) is 3. The van der Waals surface area contributed by atoms with Crippen LogP contribution in [0.15, 0.2) is 59.5 Å². The van der Waals surface area contributed by atoms with Crippen LogP contribution in [-0.4, -0.2) is 72.2 Å². The van der Waals surface area contributed by atoms with E-state index in [2.05, 4.69) is 80.6 Å². The molecule has 0 aliphatic carbocycles. The maximum Gasteiger partial charge on any atom is 0.276 e. The maximum absolute atomic E-state index is 12.5. The molecule has 1 aliphatic rings. The van der Waals surface area contributed by atoms with E-state index in [-0.39, 0.29) is 5.56 Å². The number of aromatic amines is 1. The fourth-order valence-electron chi connectivity index (χ4n) is 4.13. The lowest BCUT2D eigenvalue weighted by molar-refractivity contribution is 0.416. The second kappa shape index (κ2) is 12.4. The van der Waals surface area contributed by atoms with Crippen molar-refractivity contribution in [2.45, 2.75) is 19.8 Å². The molecule has 0 bridgehead atoms.